The van der Waals surface area contributed by atoms with Crippen LogP contribution < -0.4 is 0 Å². The zero-order valence-electron chi connectivity index (χ0n) is 5.84. The molecule has 0 fully saturated rings. The molecule has 0 saturated carbocycles. The summed E-state index contributed by atoms with van der Waals surface area (Å²) >= 11 is 0. The van der Waals surface area contributed by atoms with E-state index in [0.717, 1.165) is 0 Å². The van der Waals surface area contributed by atoms with E-state index in [1.54, 1.807) is 0 Å². The lowest BCUT2D eigenvalue weighted by Crippen LogP contribution is -1.87. The summed E-state index contributed by atoms with van der Waals surface area (Å²) in [4.78, 5) is 0. The van der Waals surface area contributed by atoms with E-state index in [4.69, 9.17) is 0 Å². The molecule has 0 bridgehead atoms. The molecule has 50 valence electrons. The SMILES string of the molecule is C=CC1C=CCCCC1. The van der Waals surface area contributed by atoms with Crippen LogP contribution in [0.3, 0.4) is 0 Å². The fraction of sp³-hybridized carbons (Fsp3) is 0.556. The maximum absolute atomic E-state index is 3.77. The van der Waals surface area contributed by atoms with Crippen molar-refractivity contribution in [1.29, 1.82) is 0 Å². The molecule has 1 unspecified atom stereocenters. The lowest BCUT2D eigenvalue weighted by molar-refractivity contribution is 0.646. The summed E-state index contributed by atoms with van der Waals surface area (Å²) in [6, 6.07) is 0. The van der Waals surface area contributed by atoms with Gasteiger partial charge in [-0.15, -0.1) is 6.58 Å². The van der Waals surface area contributed by atoms with E-state index < -0.39 is 0 Å². The normalized spacial score (nSPS) is 27.3. The Kier molecular flexibility index (Phi) is 2.56. The topological polar surface area (TPSA) is 0 Å². The van der Waals surface area contributed by atoms with E-state index in [0.29, 0.717) is 5.92 Å². The number of allylic oxidation sites excluding steroid dienone is 3. The molecule has 0 aromatic carbocycles. The van der Waals surface area contributed by atoms with Gasteiger partial charge in [0.25, 0.3) is 0 Å². The minimum absolute atomic E-state index is 0.660. The van der Waals surface area contributed by atoms with Gasteiger partial charge in [0.15, 0.2) is 0 Å². The van der Waals surface area contributed by atoms with Gasteiger partial charge in [0.1, 0.15) is 0 Å². The molecule has 9 heavy (non-hydrogen) atoms. The molecule has 0 aromatic rings. The van der Waals surface area contributed by atoms with Crippen molar-refractivity contribution in [3.63, 3.8) is 0 Å². The standard InChI is InChI=1S/C9H14/c1-2-9-7-5-3-4-6-8-9/h2,5,7,9H,1,3-4,6,8H2. The molecule has 1 aliphatic carbocycles. The summed E-state index contributed by atoms with van der Waals surface area (Å²) in [5, 5.41) is 0. The molecular formula is C9H14. The highest BCUT2D eigenvalue weighted by molar-refractivity contribution is 4.98. The minimum Gasteiger partial charge on any atom is -0.102 e. The van der Waals surface area contributed by atoms with Crippen LogP contribution in [0.5, 0.6) is 0 Å². The van der Waals surface area contributed by atoms with Crippen molar-refractivity contribution in [3.05, 3.63) is 24.8 Å². The van der Waals surface area contributed by atoms with Crippen molar-refractivity contribution < 1.29 is 0 Å². The third-order valence-electron chi connectivity index (χ3n) is 1.84. The van der Waals surface area contributed by atoms with Crippen LogP contribution in [0.15, 0.2) is 24.8 Å². The zero-order chi connectivity index (χ0) is 6.53. The third-order valence-corrected chi connectivity index (χ3v) is 1.84. The fourth-order valence-corrected chi connectivity index (χ4v) is 1.21. The summed E-state index contributed by atoms with van der Waals surface area (Å²) in [7, 11) is 0. The van der Waals surface area contributed by atoms with Gasteiger partial charge in [-0.25, -0.2) is 0 Å². The Labute approximate surface area is 57.3 Å². The van der Waals surface area contributed by atoms with Crippen molar-refractivity contribution in [2.45, 2.75) is 25.7 Å². The summed E-state index contributed by atoms with van der Waals surface area (Å²) in [6.45, 7) is 3.77. The largest absolute Gasteiger partial charge is 0.102 e. The fourth-order valence-electron chi connectivity index (χ4n) is 1.21. The molecule has 0 aromatic heterocycles. The first-order valence-corrected chi connectivity index (χ1v) is 3.72. The number of rotatable bonds is 1. The van der Waals surface area contributed by atoms with E-state index >= 15 is 0 Å². The van der Waals surface area contributed by atoms with Crippen LogP contribution in [0, 0.1) is 5.92 Å². The van der Waals surface area contributed by atoms with Crippen LogP contribution >= 0.6 is 0 Å². The highest BCUT2D eigenvalue weighted by Gasteiger charge is 2.01. The lowest BCUT2D eigenvalue weighted by atomic mass is 10.0. The van der Waals surface area contributed by atoms with Crippen LogP contribution in [0.1, 0.15) is 25.7 Å². The monoisotopic (exact) mass is 122 g/mol. The van der Waals surface area contributed by atoms with Crippen molar-refractivity contribution in [2.75, 3.05) is 0 Å². The van der Waals surface area contributed by atoms with E-state index in [1.807, 2.05) is 6.08 Å². The van der Waals surface area contributed by atoms with Crippen molar-refractivity contribution in [2.24, 2.45) is 5.92 Å². The van der Waals surface area contributed by atoms with Crippen molar-refractivity contribution in [1.82, 2.24) is 0 Å². The van der Waals surface area contributed by atoms with Crippen LogP contribution in [0.4, 0.5) is 0 Å². The third kappa shape index (κ3) is 2.05. The van der Waals surface area contributed by atoms with Gasteiger partial charge in [0.05, 0.1) is 0 Å². The molecule has 0 amide bonds. The second-order valence-electron chi connectivity index (χ2n) is 2.61. The van der Waals surface area contributed by atoms with Gasteiger partial charge in [-0.3, -0.25) is 0 Å². The molecule has 1 aliphatic rings. The average molecular weight is 122 g/mol. The van der Waals surface area contributed by atoms with Gasteiger partial charge in [-0.2, -0.15) is 0 Å². The Morgan fingerprint density at radius 1 is 1.44 bits per heavy atom. The average Bonchev–Trinajstić information content (AvgIpc) is 2.13. The molecule has 1 rings (SSSR count). The maximum Gasteiger partial charge on any atom is -0.00562 e. The van der Waals surface area contributed by atoms with E-state index in [1.165, 1.54) is 25.7 Å². The van der Waals surface area contributed by atoms with Crippen LogP contribution in [0.25, 0.3) is 0 Å². The van der Waals surface area contributed by atoms with Gasteiger partial charge < -0.3 is 0 Å². The Hall–Kier alpha value is -0.520. The summed E-state index contributed by atoms with van der Waals surface area (Å²) in [5.41, 5.74) is 0. The molecule has 0 N–H and O–H groups in total. The Bertz CT molecular complexity index is 111. The predicted molar refractivity (Wildman–Crippen MR) is 41.3 cm³/mol. The lowest BCUT2D eigenvalue weighted by Gasteiger charge is -2.00. The highest BCUT2D eigenvalue weighted by atomic mass is 14.1. The molecule has 0 spiro atoms. The first kappa shape index (κ1) is 6.60. The van der Waals surface area contributed by atoms with Crippen LogP contribution in [0.2, 0.25) is 0 Å². The van der Waals surface area contributed by atoms with E-state index in [-0.39, 0.29) is 0 Å². The van der Waals surface area contributed by atoms with E-state index in [9.17, 15) is 0 Å². The van der Waals surface area contributed by atoms with Gasteiger partial charge in [0.2, 0.25) is 0 Å². The summed E-state index contributed by atoms with van der Waals surface area (Å²) < 4.78 is 0. The second-order valence-corrected chi connectivity index (χ2v) is 2.61. The number of hydrogen-bond donors (Lipinski definition) is 0. The highest BCUT2D eigenvalue weighted by Crippen LogP contribution is 2.16. The van der Waals surface area contributed by atoms with E-state index in [2.05, 4.69) is 18.7 Å². The van der Waals surface area contributed by atoms with Gasteiger partial charge in [0, 0.05) is 0 Å². The van der Waals surface area contributed by atoms with Gasteiger partial charge >= 0.3 is 0 Å². The summed E-state index contributed by atoms with van der Waals surface area (Å²) in [5.74, 6) is 0.660. The quantitative estimate of drug-likeness (QED) is 0.469. The Morgan fingerprint density at radius 3 is 3.11 bits per heavy atom. The van der Waals surface area contributed by atoms with Crippen LogP contribution in [-0.4, -0.2) is 0 Å². The molecule has 0 radical (unpaired) electrons. The van der Waals surface area contributed by atoms with Gasteiger partial charge in [-0.1, -0.05) is 24.6 Å². The summed E-state index contributed by atoms with van der Waals surface area (Å²) in [6.07, 6.45) is 11.9. The predicted octanol–water partition coefficient (Wildman–Crippen LogP) is 2.92. The minimum atomic E-state index is 0.660. The molecule has 0 aliphatic heterocycles. The van der Waals surface area contributed by atoms with Gasteiger partial charge in [-0.05, 0) is 25.2 Å². The van der Waals surface area contributed by atoms with Crippen molar-refractivity contribution >= 4 is 0 Å². The van der Waals surface area contributed by atoms with Crippen LogP contribution in [-0.2, 0) is 0 Å². The van der Waals surface area contributed by atoms with Crippen molar-refractivity contribution in [3.8, 4) is 0 Å². The smallest absolute Gasteiger partial charge is 0.00562 e. The first-order valence-electron chi connectivity index (χ1n) is 3.72. The zero-order valence-corrected chi connectivity index (χ0v) is 5.84. The maximum atomic E-state index is 3.77. The first-order chi connectivity index (χ1) is 4.43. The molecule has 0 heterocycles. The Balaban J connectivity index is 2.41. The molecular weight excluding hydrogens is 108 g/mol. The Morgan fingerprint density at radius 2 is 2.33 bits per heavy atom. The number of hydrogen-bond acceptors (Lipinski definition) is 0. The molecule has 0 nitrogen and oxygen atoms in total. The second kappa shape index (κ2) is 3.49. The molecule has 0 saturated heterocycles. The molecule has 1 atom stereocenters. The molecule has 0 heteroatoms.